The van der Waals surface area contributed by atoms with Gasteiger partial charge in [-0.25, -0.2) is 23.2 Å². The van der Waals surface area contributed by atoms with E-state index in [2.05, 4.69) is 15.0 Å². The van der Waals surface area contributed by atoms with E-state index >= 15 is 0 Å². The summed E-state index contributed by atoms with van der Waals surface area (Å²) in [5, 5.41) is 14.3. The Morgan fingerprint density at radius 3 is 2.82 bits per heavy atom. The molecule has 3 rings (SSSR count). The predicted octanol–water partition coefficient (Wildman–Crippen LogP) is 2.90. The minimum Gasteiger partial charge on any atom is -0.478 e. The summed E-state index contributed by atoms with van der Waals surface area (Å²) in [6.07, 6.45) is 0.355. The van der Waals surface area contributed by atoms with Crippen molar-refractivity contribution < 1.29 is 37.7 Å². The maximum atomic E-state index is 14.3. The number of nitrogens with one attached hydrogen (secondary N) is 2. The van der Waals surface area contributed by atoms with Crippen molar-refractivity contribution in [2.24, 2.45) is 0 Å². The third-order valence-corrected chi connectivity index (χ3v) is 5.85. The van der Waals surface area contributed by atoms with Crippen LogP contribution in [0.25, 0.3) is 0 Å². The average molecular weight is 499 g/mol. The van der Waals surface area contributed by atoms with E-state index in [1.807, 2.05) is 4.90 Å². The number of halogens is 2. The Hall–Kier alpha value is -3.32. The first-order chi connectivity index (χ1) is 16.3. The van der Waals surface area contributed by atoms with E-state index in [1.54, 1.807) is 0 Å². The third-order valence-electron chi connectivity index (χ3n) is 5.10. The number of rotatable bonds is 10. The smallest absolute Gasteiger partial charge is 0.346 e. The number of anilines is 1. The van der Waals surface area contributed by atoms with E-state index in [1.165, 1.54) is 12.1 Å². The van der Waals surface area contributed by atoms with E-state index in [9.17, 15) is 23.2 Å². The minimum absolute atomic E-state index is 0.0481. The maximum Gasteiger partial charge on any atom is 0.346 e. The van der Waals surface area contributed by atoms with E-state index < -0.39 is 42.1 Å². The molecule has 2 amide bonds. The van der Waals surface area contributed by atoms with Crippen LogP contribution in [0.4, 0.5) is 18.6 Å². The van der Waals surface area contributed by atoms with Crippen LogP contribution in [0.2, 0.25) is 0 Å². The number of carboxylic acid groups (broad SMARTS) is 1. The SMILES string of the molecule is COC(=O)c1c(OCc2cccc(C(=O)O)c2F)nsc1NC(=O)NCCCN1CC[C@H](F)C1. The summed E-state index contributed by atoms with van der Waals surface area (Å²) < 4.78 is 41.7. The molecule has 1 aliphatic rings. The molecule has 1 aromatic heterocycles. The van der Waals surface area contributed by atoms with Gasteiger partial charge < -0.3 is 24.8 Å². The van der Waals surface area contributed by atoms with Gasteiger partial charge in [-0.1, -0.05) is 12.1 Å². The second-order valence-electron chi connectivity index (χ2n) is 7.48. The maximum absolute atomic E-state index is 14.3. The molecule has 1 aromatic carbocycles. The molecule has 10 nitrogen and oxygen atoms in total. The Bertz CT molecular complexity index is 1050. The summed E-state index contributed by atoms with van der Waals surface area (Å²) in [5.74, 6) is -3.40. The van der Waals surface area contributed by atoms with Crippen molar-refractivity contribution in [3.8, 4) is 5.88 Å². The van der Waals surface area contributed by atoms with Gasteiger partial charge in [0.1, 0.15) is 23.6 Å². The Labute approximate surface area is 198 Å². The zero-order valence-electron chi connectivity index (χ0n) is 18.3. The fourth-order valence-corrected chi connectivity index (χ4v) is 4.10. The largest absolute Gasteiger partial charge is 0.478 e. The lowest BCUT2D eigenvalue weighted by atomic mass is 10.1. The average Bonchev–Trinajstić information content (AvgIpc) is 3.40. The van der Waals surface area contributed by atoms with Crippen LogP contribution in [0.3, 0.4) is 0 Å². The number of alkyl halides is 1. The molecule has 3 N–H and O–H groups in total. The number of urea groups is 1. The number of carboxylic acids is 1. The fourth-order valence-electron chi connectivity index (χ4n) is 3.38. The molecule has 1 aliphatic heterocycles. The number of aromatic carboxylic acids is 1. The summed E-state index contributed by atoms with van der Waals surface area (Å²) in [7, 11) is 1.14. The third kappa shape index (κ3) is 6.38. The van der Waals surface area contributed by atoms with Gasteiger partial charge >= 0.3 is 18.0 Å². The molecule has 0 unspecified atom stereocenters. The number of hydrogen-bond donors (Lipinski definition) is 3. The molecule has 0 radical (unpaired) electrons. The van der Waals surface area contributed by atoms with Crippen molar-refractivity contribution in [1.82, 2.24) is 14.6 Å². The number of aromatic nitrogens is 1. The molecule has 0 aliphatic carbocycles. The summed E-state index contributed by atoms with van der Waals surface area (Å²) >= 11 is 0.770. The minimum atomic E-state index is -1.42. The van der Waals surface area contributed by atoms with Crippen LogP contribution in [0.5, 0.6) is 5.88 Å². The summed E-state index contributed by atoms with van der Waals surface area (Å²) in [6.45, 7) is 1.70. The first kappa shape index (κ1) is 25.3. The molecular weight excluding hydrogens is 474 g/mol. The van der Waals surface area contributed by atoms with E-state index in [0.29, 0.717) is 39.0 Å². The van der Waals surface area contributed by atoms with Crippen LogP contribution >= 0.6 is 11.5 Å². The normalized spacial score (nSPS) is 15.7. The second kappa shape index (κ2) is 11.7. The Balaban J connectivity index is 1.59. The molecular formula is C21H24F2N4O6S. The van der Waals surface area contributed by atoms with Crippen molar-refractivity contribution >= 4 is 34.5 Å². The van der Waals surface area contributed by atoms with Crippen molar-refractivity contribution in [3.63, 3.8) is 0 Å². The van der Waals surface area contributed by atoms with Gasteiger partial charge in [-0.2, -0.15) is 4.37 Å². The first-order valence-electron chi connectivity index (χ1n) is 10.4. The van der Waals surface area contributed by atoms with E-state index in [-0.39, 0.29) is 22.0 Å². The molecule has 34 heavy (non-hydrogen) atoms. The summed E-state index contributed by atoms with van der Waals surface area (Å²) in [6, 6.07) is 3.25. The number of benzene rings is 1. The van der Waals surface area contributed by atoms with Gasteiger partial charge in [0.25, 0.3) is 0 Å². The molecule has 2 heterocycles. The molecule has 2 aromatic rings. The lowest BCUT2D eigenvalue weighted by Gasteiger charge is -2.14. The van der Waals surface area contributed by atoms with Crippen molar-refractivity contribution in [3.05, 3.63) is 40.7 Å². The second-order valence-corrected chi connectivity index (χ2v) is 8.25. The molecule has 1 atom stereocenters. The quantitative estimate of drug-likeness (QED) is 0.337. The number of esters is 1. The fraction of sp³-hybridized carbons (Fsp3) is 0.429. The molecule has 1 saturated heterocycles. The molecule has 0 spiro atoms. The predicted molar refractivity (Wildman–Crippen MR) is 119 cm³/mol. The van der Waals surface area contributed by atoms with Crippen LogP contribution in [0.1, 0.15) is 39.1 Å². The van der Waals surface area contributed by atoms with E-state index in [4.69, 9.17) is 14.6 Å². The van der Waals surface area contributed by atoms with Gasteiger partial charge in [-0.15, -0.1) is 0 Å². The lowest BCUT2D eigenvalue weighted by Crippen LogP contribution is -2.32. The Kier molecular flexibility index (Phi) is 8.71. The summed E-state index contributed by atoms with van der Waals surface area (Å²) in [5.41, 5.74) is -0.711. The van der Waals surface area contributed by atoms with Gasteiger partial charge in [0.15, 0.2) is 5.56 Å². The van der Waals surface area contributed by atoms with Crippen molar-refractivity contribution in [1.29, 1.82) is 0 Å². The highest BCUT2D eigenvalue weighted by Crippen LogP contribution is 2.32. The topological polar surface area (TPSA) is 130 Å². The Morgan fingerprint density at radius 2 is 2.15 bits per heavy atom. The lowest BCUT2D eigenvalue weighted by molar-refractivity contribution is 0.0596. The van der Waals surface area contributed by atoms with E-state index in [0.717, 1.165) is 24.7 Å². The van der Waals surface area contributed by atoms with Gasteiger partial charge in [0.2, 0.25) is 5.88 Å². The van der Waals surface area contributed by atoms with Gasteiger partial charge in [0, 0.05) is 25.2 Å². The number of ether oxygens (including phenoxy) is 2. The number of nitrogens with zero attached hydrogens (tertiary/aromatic N) is 2. The molecule has 0 bridgehead atoms. The molecule has 13 heteroatoms. The molecule has 184 valence electrons. The first-order valence-corrected chi connectivity index (χ1v) is 11.2. The number of hydrogen-bond acceptors (Lipinski definition) is 8. The van der Waals surface area contributed by atoms with Gasteiger partial charge in [0.05, 0.1) is 12.7 Å². The van der Waals surface area contributed by atoms with Crippen molar-refractivity contribution in [2.45, 2.75) is 25.6 Å². The van der Waals surface area contributed by atoms with Crippen LogP contribution in [-0.4, -0.2) is 71.8 Å². The van der Waals surface area contributed by atoms with Gasteiger partial charge in [-0.3, -0.25) is 5.32 Å². The highest BCUT2D eigenvalue weighted by molar-refractivity contribution is 7.11. The zero-order valence-corrected chi connectivity index (χ0v) is 19.1. The van der Waals surface area contributed by atoms with Crippen LogP contribution in [0, 0.1) is 5.82 Å². The van der Waals surface area contributed by atoms with Crippen LogP contribution in [-0.2, 0) is 11.3 Å². The monoisotopic (exact) mass is 498 g/mol. The van der Waals surface area contributed by atoms with Crippen LogP contribution in [0.15, 0.2) is 18.2 Å². The summed E-state index contributed by atoms with van der Waals surface area (Å²) in [4.78, 5) is 37.6. The number of carbonyl (C=O) groups is 3. The zero-order chi connectivity index (χ0) is 24.7. The number of carbonyl (C=O) groups excluding carboxylic acids is 2. The molecule has 0 saturated carbocycles. The molecule has 1 fully saturated rings. The van der Waals surface area contributed by atoms with Crippen LogP contribution < -0.4 is 15.4 Å². The number of likely N-dealkylation sites (tertiary alicyclic amines) is 1. The van der Waals surface area contributed by atoms with Crippen molar-refractivity contribution in [2.75, 3.05) is 38.6 Å². The number of methoxy groups -OCH3 is 1. The highest BCUT2D eigenvalue weighted by Gasteiger charge is 2.25. The van der Waals surface area contributed by atoms with Gasteiger partial charge in [-0.05, 0) is 37.0 Å². The number of amides is 2. The standard InChI is InChI=1S/C21H24F2N4O6S/c1-32-20(30)15-17(33-11-12-4-2-5-14(16(12)23)19(28)29)26-34-18(15)25-21(31)24-7-3-8-27-9-6-13(22)10-27/h2,4-5,13H,3,6-11H2,1H3,(H,28,29)(H2,24,25,31)/t13-/m0/s1. The highest BCUT2D eigenvalue weighted by atomic mass is 32.1. The Morgan fingerprint density at radius 1 is 1.35 bits per heavy atom.